The van der Waals surface area contributed by atoms with Gasteiger partial charge in [-0.15, -0.1) is 0 Å². The molecule has 2 aromatic carbocycles. The molecule has 5 nitrogen and oxygen atoms in total. The first-order chi connectivity index (χ1) is 13.7. The third-order valence-electron chi connectivity index (χ3n) is 5.12. The zero-order chi connectivity index (χ0) is 19.8. The molecule has 2 aromatic rings. The molecule has 0 aromatic heterocycles. The molecule has 148 valence electrons. The van der Waals surface area contributed by atoms with Gasteiger partial charge in [-0.25, -0.2) is 0 Å². The van der Waals surface area contributed by atoms with Crippen LogP contribution >= 0.6 is 0 Å². The van der Waals surface area contributed by atoms with Crippen molar-refractivity contribution in [1.29, 1.82) is 0 Å². The molecule has 0 saturated carbocycles. The normalized spacial score (nSPS) is 16.5. The molecular weight excluding hydrogens is 352 g/mol. The van der Waals surface area contributed by atoms with E-state index in [1.54, 1.807) is 7.11 Å². The van der Waals surface area contributed by atoms with Gasteiger partial charge in [0.1, 0.15) is 5.75 Å². The maximum Gasteiger partial charge on any atom is 0.253 e. The average Bonchev–Trinajstić information content (AvgIpc) is 2.74. The van der Waals surface area contributed by atoms with E-state index in [0.717, 1.165) is 38.0 Å². The minimum absolute atomic E-state index is 0.0369. The first-order valence-electron chi connectivity index (χ1n) is 9.92. The van der Waals surface area contributed by atoms with Gasteiger partial charge in [0.2, 0.25) is 5.91 Å². The lowest BCUT2D eigenvalue weighted by molar-refractivity contribution is -0.122. The van der Waals surface area contributed by atoms with Crippen LogP contribution in [0.4, 0.5) is 0 Å². The fraction of sp³-hybridized carbons (Fsp3) is 0.391. The van der Waals surface area contributed by atoms with Crippen molar-refractivity contribution in [1.82, 2.24) is 10.2 Å². The zero-order valence-corrected chi connectivity index (χ0v) is 16.4. The second kappa shape index (κ2) is 9.93. The number of aryl methyl sites for hydroxylation is 1. The molecule has 1 atom stereocenters. The quantitative estimate of drug-likeness (QED) is 0.800. The van der Waals surface area contributed by atoms with E-state index in [1.807, 2.05) is 59.5 Å². The molecular formula is C23H28N2O3. The monoisotopic (exact) mass is 380 g/mol. The van der Waals surface area contributed by atoms with E-state index < -0.39 is 0 Å². The number of carbonyl (C=O) groups is 2. The van der Waals surface area contributed by atoms with Crippen LogP contribution in [0.3, 0.4) is 0 Å². The average molecular weight is 380 g/mol. The lowest BCUT2D eigenvalue weighted by atomic mass is 10.0. The van der Waals surface area contributed by atoms with Gasteiger partial charge in [0.15, 0.2) is 0 Å². The molecule has 2 amide bonds. The molecule has 1 N–H and O–H groups in total. The van der Waals surface area contributed by atoms with Gasteiger partial charge in [0, 0.05) is 31.1 Å². The third-order valence-corrected chi connectivity index (χ3v) is 5.12. The first kappa shape index (κ1) is 19.9. The summed E-state index contributed by atoms with van der Waals surface area (Å²) in [6.07, 6.45) is 3.99. The minimum atomic E-state index is 0.0369. The summed E-state index contributed by atoms with van der Waals surface area (Å²) in [5, 5.41) is 3.11. The number of rotatable bonds is 7. The Hall–Kier alpha value is -2.82. The van der Waals surface area contributed by atoms with E-state index in [4.69, 9.17) is 4.74 Å². The van der Waals surface area contributed by atoms with Gasteiger partial charge in [-0.05, 0) is 55.5 Å². The summed E-state index contributed by atoms with van der Waals surface area (Å²) in [5.74, 6) is 0.944. The Labute approximate surface area is 166 Å². The Morgan fingerprint density at radius 2 is 1.86 bits per heavy atom. The van der Waals surface area contributed by atoms with Crippen LogP contribution in [0.15, 0.2) is 54.6 Å². The summed E-state index contributed by atoms with van der Waals surface area (Å²) >= 11 is 0. The van der Waals surface area contributed by atoms with Gasteiger partial charge in [0.05, 0.1) is 7.11 Å². The number of hydrogen-bond donors (Lipinski definition) is 1. The molecule has 1 fully saturated rings. The zero-order valence-electron chi connectivity index (χ0n) is 16.4. The van der Waals surface area contributed by atoms with Crippen molar-refractivity contribution in [2.45, 2.75) is 38.1 Å². The number of hydrogen-bond acceptors (Lipinski definition) is 3. The first-order valence-corrected chi connectivity index (χ1v) is 9.92. The van der Waals surface area contributed by atoms with E-state index in [0.29, 0.717) is 18.5 Å². The van der Waals surface area contributed by atoms with E-state index >= 15 is 0 Å². The van der Waals surface area contributed by atoms with Crippen molar-refractivity contribution in [2.75, 3.05) is 20.2 Å². The van der Waals surface area contributed by atoms with Gasteiger partial charge >= 0.3 is 0 Å². The van der Waals surface area contributed by atoms with Gasteiger partial charge in [0.25, 0.3) is 5.91 Å². The van der Waals surface area contributed by atoms with Crippen molar-refractivity contribution < 1.29 is 14.3 Å². The van der Waals surface area contributed by atoms with E-state index in [-0.39, 0.29) is 17.9 Å². The second-order valence-corrected chi connectivity index (χ2v) is 7.23. The molecule has 1 unspecified atom stereocenters. The molecule has 5 heteroatoms. The van der Waals surface area contributed by atoms with Crippen molar-refractivity contribution in [2.24, 2.45) is 0 Å². The fourth-order valence-electron chi connectivity index (χ4n) is 3.59. The molecule has 0 aliphatic carbocycles. The number of ether oxygens (including phenoxy) is 1. The molecule has 28 heavy (non-hydrogen) atoms. The number of carbonyl (C=O) groups excluding carboxylic acids is 2. The predicted molar refractivity (Wildman–Crippen MR) is 109 cm³/mol. The van der Waals surface area contributed by atoms with Crippen LogP contribution in [-0.2, 0) is 11.2 Å². The van der Waals surface area contributed by atoms with Crippen LogP contribution in [0, 0.1) is 0 Å². The van der Waals surface area contributed by atoms with Crippen LogP contribution in [0.25, 0.3) is 0 Å². The number of methoxy groups -OCH3 is 1. The third kappa shape index (κ3) is 5.59. The molecule has 0 radical (unpaired) electrons. The summed E-state index contributed by atoms with van der Waals surface area (Å²) < 4.78 is 5.16. The largest absolute Gasteiger partial charge is 0.497 e. The highest BCUT2D eigenvalue weighted by molar-refractivity contribution is 5.94. The van der Waals surface area contributed by atoms with Crippen molar-refractivity contribution in [3.8, 4) is 5.75 Å². The molecule has 3 rings (SSSR count). The predicted octanol–water partition coefficient (Wildman–Crippen LogP) is 3.44. The maximum absolute atomic E-state index is 12.6. The molecule has 1 saturated heterocycles. The summed E-state index contributed by atoms with van der Waals surface area (Å²) in [6.45, 7) is 1.33. The number of benzene rings is 2. The van der Waals surface area contributed by atoms with Gasteiger partial charge in [-0.1, -0.05) is 30.3 Å². The summed E-state index contributed by atoms with van der Waals surface area (Å²) in [5.41, 5.74) is 1.90. The SMILES string of the molecule is COc1ccc(CCCC(=O)NC2CCCN(C(=O)c3ccccc3)C2)cc1. The standard InChI is InChI=1S/C23H28N2O3/c1-28-21-14-12-18(13-15-21)7-5-11-22(26)24-20-10-6-16-25(17-20)23(27)19-8-3-2-4-9-19/h2-4,8-9,12-15,20H,5-7,10-11,16-17H2,1H3,(H,24,26). The van der Waals surface area contributed by atoms with Crippen molar-refractivity contribution >= 4 is 11.8 Å². The Kier molecular flexibility index (Phi) is 7.06. The van der Waals surface area contributed by atoms with Crippen LogP contribution in [0.2, 0.25) is 0 Å². The molecule has 0 spiro atoms. The van der Waals surface area contributed by atoms with E-state index in [1.165, 1.54) is 5.56 Å². The molecule has 1 aliphatic heterocycles. The lowest BCUT2D eigenvalue weighted by Gasteiger charge is -2.33. The summed E-state index contributed by atoms with van der Waals surface area (Å²) in [6, 6.07) is 17.3. The van der Waals surface area contributed by atoms with Crippen LogP contribution < -0.4 is 10.1 Å². The molecule has 0 bridgehead atoms. The van der Waals surface area contributed by atoms with Crippen LogP contribution in [0.5, 0.6) is 5.75 Å². The summed E-state index contributed by atoms with van der Waals surface area (Å²) in [4.78, 5) is 26.8. The number of nitrogens with zero attached hydrogens (tertiary/aromatic N) is 1. The highest BCUT2D eigenvalue weighted by atomic mass is 16.5. The Morgan fingerprint density at radius 3 is 2.57 bits per heavy atom. The van der Waals surface area contributed by atoms with Gasteiger partial charge in [-0.3, -0.25) is 9.59 Å². The number of amides is 2. The maximum atomic E-state index is 12.6. The number of likely N-dealkylation sites (tertiary alicyclic amines) is 1. The molecule has 1 heterocycles. The second-order valence-electron chi connectivity index (χ2n) is 7.23. The summed E-state index contributed by atoms with van der Waals surface area (Å²) in [7, 11) is 1.65. The number of nitrogens with one attached hydrogen (secondary N) is 1. The lowest BCUT2D eigenvalue weighted by Crippen LogP contribution is -2.49. The Balaban J connectivity index is 1.42. The Morgan fingerprint density at radius 1 is 1.11 bits per heavy atom. The smallest absolute Gasteiger partial charge is 0.253 e. The number of piperidine rings is 1. The molecule has 1 aliphatic rings. The van der Waals surface area contributed by atoms with Crippen LogP contribution in [0.1, 0.15) is 41.6 Å². The minimum Gasteiger partial charge on any atom is -0.497 e. The van der Waals surface area contributed by atoms with Crippen LogP contribution in [-0.4, -0.2) is 43.0 Å². The highest BCUT2D eigenvalue weighted by Gasteiger charge is 2.25. The highest BCUT2D eigenvalue weighted by Crippen LogP contribution is 2.15. The van der Waals surface area contributed by atoms with Crippen molar-refractivity contribution in [3.05, 3.63) is 65.7 Å². The topological polar surface area (TPSA) is 58.6 Å². The van der Waals surface area contributed by atoms with Gasteiger partial charge < -0.3 is 15.0 Å². The fourth-order valence-corrected chi connectivity index (χ4v) is 3.59. The van der Waals surface area contributed by atoms with Gasteiger partial charge in [-0.2, -0.15) is 0 Å². The van der Waals surface area contributed by atoms with E-state index in [9.17, 15) is 9.59 Å². The Bertz CT molecular complexity index is 774. The van der Waals surface area contributed by atoms with Crippen molar-refractivity contribution in [3.63, 3.8) is 0 Å². The van der Waals surface area contributed by atoms with E-state index in [2.05, 4.69) is 5.32 Å².